The van der Waals surface area contributed by atoms with Gasteiger partial charge in [-0.3, -0.25) is 5.21 Å². The van der Waals surface area contributed by atoms with Gasteiger partial charge in [-0.2, -0.15) is 0 Å². The minimum absolute atomic E-state index is 0.216. The van der Waals surface area contributed by atoms with Crippen molar-refractivity contribution in [1.82, 2.24) is 0 Å². The first-order valence-corrected chi connectivity index (χ1v) is 10.8. The number of carbonyl (C=O) groups is 1. The van der Waals surface area contributed by atoms with Crippen molar-refractivity contribution < 1.29 is 28.6 Å². The van der Waals surface area contributed by atoms with Crippen LogP contribution in [0.4, 0.5) is 4.39 Å². The SMILES string of the molecule is CCOC(=O)C1=C(c2ccccc2)c2ccc(OCCc3ccccc3F)cc2C1=[N+](C)O. The number of hydrogen-bond acceptors (Lipinski definition) is 4. The molecule has 1 aliphatic rings. The van der Waals surface area contributed by atoms with E-state index in [4.69, 9.17) is 9.47 Å². The highest BCUT2D eigenvalue weighted by Gasteiger charge is 2.40. The van der Waals surface area contributed by atoms with Gasteiger partial charge in [-0.25, -0.2) is 9.18 Å². The van der Waals surface area contributed by atoms with Crippen LogP contribution in [0.1, 0.15) is 29.2 Å². The number of benzene rings is 3. The maximum absolute atomic E-state index is 13.9. The highest BCUT2D eigenvalue weighted by molar-refractivity contribution is 6.35. The highest BCUT2D eigenvalue weighted by Crippen LogP contribution is 2.40. The molecule has 0 bridgehead atoms. The second kappa shape index (κ2) is 9.69. The maximum atomic E-state index is 13.9. The second-order valence-electron chi connectivity index (χ2n) is 7.61. The van der Waals surface area contributed by atoms with E-state index < -0.39 is 5.97 Å². The van der Waals surface area contributed by atoms with Crippen LogP contribution in [0.3, 0.4) is 0 Å². The van der Waals surface area contributed by atoms with E-state index >= 15 is 0 Å². The number of carbonyl (C=O) groups excluding carboxylic acids is 1. The molecule has 0 amide bonds. The zero-order chi connectivity index (χ0) is 23.4. The zero-order valence-corrected chi connectivity index (χ0v) is 18.5. The van der Waals surface area contributed by atoms with Crippen molar-refractivity contribution in [2.24, 2.45) is 0 Å². The largest absolute Gasteiger partial charge is 0.493 e. The monoisotopic (exact) mass is 446 g/mol. The molecule has 168 valence electrons. The Bertz CT molecular complexity index is 1240. The molecule has 4 rings (SSSR count). The van der Waals surface area contributed by atoms with E-state index in [2.05, 4.69) is 0 Å². The topological polar surface area (TPSA) is 58.8 Å². The summed E-state index contributed by atoms with van der Waals surface area (Å²) in [6.45, 7) is 2.24. The molecule has 3 aromatic rings. The number of hydroxylamine groups is 1. The summed E-state index contributed by atoms with van der Waals surface area (Å²) < 4.78 is 26.0. The van der Waals surface area contributed by atoms with Gasteiger partial charge in [0.15, 0.2) is 7.05 Å². The molecule has 0 saturated carbocycles. The van der Waals surface area contributed by atoms with Crippen molar-refractivity contribution in [2.45, 2.75) is 13.3 Å². The maximum Gasteiger partial charge on any atom is 0.345 e. The van der Waals surface area contributed by atoms with Gasteiger partial charge in [-0.1, -0.05) is 48.5 Å². The summed E-state index contributed by atoms with van der Waals surface area (Å²) in [4.78, 5) is 13.0. The minimum Gasteiger partial charge on any atom is -0.493 e. The van der Waals surface area contributed by atoms with E-state index in [1.165, 1.54) is 13.1 Å². The number of esters is 1. The molecule has 0 saturated heterocycles. The van der Waals surface area contributed by atoms with Crippen LogP contribution in [0.15, 0.2) is 78.4 Å². The Morgan fingerprint density at radius 2 is 1.73 bits per heavy atom. The molecule has 5 nitrogen and oxygen atoms in total. The molecule has 0 atom stereocenters. The van der Waals surface area contributed by atoms with Crippen LogP contribution >= 0.6 is 0 Å². The Hall–Kier alpha value is -3.93. The van der Waals surface area contributed by atoms with E-state index in [0.717, 1.165) is 15.9 Å². The predicted molar refractivity (Wildman–Crippen MR) is 123 cm³/mol. The first-order chi connectivity index (χ1) is 16.0. The van der Waals surface area contributed by atoms with Crippen LogP contribution in [0, 0.1) is 5.82 Å². The second-order valence-corrected chi connectivity index (χ2v) is 7.61. The van der Waals surface area contributed by atoms with E-state index in [1.54, 1.807) is 31.2 Å². The number of hydrogen-bond donors (Lipinski definition) is 1. The van der Waals surface area contributed by atoms with Crippen molar-refractivity contribution in [3.8, 4) is 5.75 Å². The molecular formula is C27H25FNO4+. The van der Waals surface area contributed by atoms with Crippen LogP contribution in [0.2, 0.25) is 0 Å². The van der Waals surface area contributed by atoms with Gasteiger partial charge in [0.05, 0.1) is 18.8 Å². The summed E-state index contributed by atoms with van der Waals surface area (Å²) in [7, 11) is 1.47. The average Bonchev–Trinajstić information content (AvgIpc) is 3.16. The number of rotatable bonds is 7. The van der Waals surface area contributed by atoms with E-state index in [9.17, 15) is 14.4 Å². The first-order valence-electron chi connectivity index (χ1n) is 10.8. The fraction of sp³-hybridized carbons (Fsp3) is 0.185. The molecule has 0 aromatic heterocycles. The Morgan fingerprint density at radius 1 is 1.00 bits per heavy atom. The lowest BCUT2D eigenvalue weighted by Crippen LogP contribution is -2.22. The zero-order valence-electron chi connectivity index (χ0n) is 18.5. The molecule has 0 unspecified atom stereocenters. The summed E-state index contributed by atoms with van der Waals surface area (Å²) in [6.07, 6.45) is 0.418. The van der Waals surface area contributed by atoms with Crippen molar-refractivity contribution >= 4 is 17.3 Å². The van der Waals surface area contributed by atoms with Gasteiger partial charge in [-0.15, -0.1) is 0 Å². The highest BCUT2D eigenvalue weighted by atomic mass is 19.1. The van der Waals surface area contributed by atoms with Crippen molar-refractivity contribution in [3.63, 3.8) is 0 Å². The van der Waals surface area contributed by atoms with Crippen LogP contribution in [-0.4, -0.2) is 41.9 Å². The van der Waals surface area contributed by atoms with Gasteiger partial charge < -0.3 is 9.47 Å². The predicted octanol–water partition coefficient (Wildman–Crippen LogP) is 4.65. The van der Waals surface area contributed by atoms with Crippen molar-refractivity contribution in [2.75, 3.05) is 20.3 Å². The Kier molecular flexibility index (Phi) is 6.54. The smallest absolute Gasteiger partial charge is 0.345 e. The third kappa shape index (κ3) is 4.51. The fourth-order valence-corrected chi connectivity index (χ4v) is 4.04. The number of nitrogens with zero attached hydrogens (tertiary/aromatic N) is 1. The molecule has 6 heteroatoms. The van der Waals surface area contributed by atoms with Crippen LogP contribution < -0.4 is 4.74 Å². The lowest BCUT2D eigenvalue weighted by atomic mass is 9.97. The fourth-order valence-electron chi connectivity index (χ4n) is 4.04. The molecular weight excluding hydrogens is 421 g/mol. The van der Waals surface area contributed by atoms with Gasteiger partial charge in [-0.05, 0) is 52.6 Å². The van der Waals surface area contributed by atoms with E-state index in [0.29, 0.717) is 40.2 Å². The van der Waals surface area contributed by atoms with Gasteiger partial charge >= 0.3 is 5.97 Å². The standard InChI is InChI=1S/C27H25FNO4/c1-3-32-27(30)25-24(19-10-5-4-6-11-19)21-14-13-20(17-22(21)26(25)29(2)31)33-16-15-18-9-7-8-12-23(18)28/h4-14,17,31H,3,15-16H2,1-2H3/q+1. The summed E-state index contributed by atoms with van der Waals surface area (Å²) in [6, 6.07) is 21.6. The number of fused-ring (bicyclic) bond motifs is 1. The molecule has 0 fully saturated rings. The Labute approximate surface area is 192 Å². The number of halogens is 1. The third-order valence-electron chi connectivity index (χ3n) is 5.47. The quantitative estimate of drug-likeness (QED) is 0.249. The molecule has 3 aromatic carbocycles. The van der Waals surface area contributed by atoms with Gasteiger partial charge in [0.25, 0.3) is 5.71 Å². The average molecular weight is 446 g/mol. The first kappa shape index (κ1) is 22.3. The van der Waals surface area contributed by atoms with Crippen molar-refractivity contribution in [1.29, 1.82) is 0 Å². The van der Waals surface area contributed by atoms with Crippen LogP contribution in [0.25, 0.3) is 5.57 Å². The van der Waals surface area contributed by atoms with Gasteiger partial charge in [0.2, 0.25) is 0 Å². The summed E-state index contributed by atoms with van der Waals surface area (Å²) in [5, 5.41) is 10.5. The van der Waals surface area contributed by atoms with Gasteiger partial charge in [0, 0.05) is 12.0 Å². The molecule has 0 heterocycles. The Morgan fingerprint density at radius 3 is 2.42 bits per heavy atom. The van der Waals surface area contributed by atoms with Crippen molar-refractivity contribution in [3.05, 3.63) is 106 Å². The van der Waals surface area contributed by atoms with E-state index in [-0.39, 0.29) is 19.0 Å². The van der Waals surface area contributed by atoms with Crippen LogP contribution in [0.5, 0.6) is 5.75 Å². The lowest BCUT2D eigenvalue weighted by molar-refractivity contribution is -0.753. The molecule has 1 N–H and O–H groups in total. The summed E-state index contributed by atoms with van der Waals surface area (Å²) >= 11 is 0. The molecule has 0 aliphatic heterocycles. The van der Waals surface area contributed by atoms with Crippen LogP contribution in [-0.2, 0) is 16.0 Å². The third-order valence-corrected chi connectivity index (χ3v) is 5.47. The number of ether oxygens (including phenoxy) is 2. The summed E-state index contributed by atoms with van der Waals surface area (Å²) in [5.74, 6) is -0.212. The minimum atomic E-state index is -0.509. The van der Waals surface area contributed by atoms with Gasteiger partial charge in [0.1, 0.15) is 17.1 Å². The lowest BCUT2D eigenvalue weighted by Gasteiger charge is -2.10. The molecule has 0 radical (unpaired) electrons. The Balaban J connectivity index is 1.71. The molecule has 1 aliphatic carbocycles. The summed E-state index contributed by atoms with van der Waals surface area (Å²) in [5.41, 5.74) is 4.21. The molecule has 0 spiro atoms. The normalized spacial score (nSPS) is 14.2. The molecule has 33 heavy (non-hydrogen) atoms. The van der Waals surface area contributed by atoms with E-state index in [1.807, 2.05) is 42.5 Å².